The van der Waals surface area contributed by atoms with E-state index in [1.54, 1.807) is 10.8 Å². The van der Waals surface area contributed by atoms with Crippen LogP contribution in [0.3, 0.4) is 0 Å². The van der Waals surface area contributed by atoms with Crippen LogP contribution in [-0.4, -0.2) is 23.6 Å². The van der Waals surface area contributed by atoms with Gasteiger partial charge in [-0.05, 0) is 25.0 Å². The number of benzene rings is 1. The second kappa shape index (κ2) is 3.70. The van der Waals surface area contributed by atoms with Gasteiger partial charge in [0.2, 0.25) is 5.91 Å². The minimum Gasteiger partial charge on any atom is -0.468 e. The molecular formula is C14H13NO3. The molecule has 0 saturated heterocycles. The number of fused-ring (bicyclic) bond motifs is 1. The zero-order valence-corrected chi connectivity index (χ0v) is 10.1. The average molecular weight is 243 g/mol. The van der Waals surface area contributed by atoms with Crippen LogP contribution in [0.15, 0.2) is 36.5 Å². The summed E-state index contributed by atoms with van der Waals surface area (Å²) in [5.41, 5.74) is -0.117. The van der Waals surface area contributed by atoms with Crippen molar-refractivity contribution in [3.05, 3.63) is 36.5 Å². The normalized spacial score (nSPS) is 16.5. The highest BCUT2D eigenvalue weighted by Gasteiger charge is 2.58. The van der Waals surface area contributed by atoms with Crippen LogP contribution in [0.2, 0.25) is 0 Å². The van der Waals surface area contributed by atoms with E-state index in [2.05, 4.69) is 0 Å². The zero-order chi connectivity index (χ0) is 12.8. The molecule has 1 aliphatic rings. The molecule has 18 heavy (non-hydrogen) atoms. The van der Waals surface area contributed by atoms with Gasteiger partial charge in [0.15, 0.2) is 0 Å². The van der Waals surface area contributed by atoms with Gasteiger partial charge in [0, 0.05) is 11.6 Å². The van der Waals surface area contributed by atoms with E-state index < -0.39 is 11.4 Å². The Hall–Kier alpha value is -2.10. The van der Waals surface area contributed by atoms with Gasteiger partial charge in [-0.2, -0.15) is 0 Å². The van der Waals surface area contributed by atoms with Gasteiger partial charge in [-0.15, -0.1) is 0 Å². The largest absolute Gasteiger partial charge is 0.468 e. The number of carbonyl (C=O) groups is 2. The molecule has 0 amide bonds. The van der Waals surface area contributed by atoms with Crippen LogP contribution in [0.25, 0.3) is 10.9 Å². The minimum atomic E-state index is -0.948. The van der Waals surface area contributed by atoms with Gasteiger partial charge >= 0.3 is 5.97 Å². The Bertz CT molecular complexity index is 637. The first kappa shape index (κ1) is 11.0. The summed E-state index contributed by atoms with van der Waals surface area (Å²) in [6.45, 7) is 0. The molecule has 1 aromatic heterocycles. The molecule has 0 spiro atoms. The Morgan fingerprint density at radius 2 is 1.94 bits per heavy atom. The summed E-state index contributed by atoms with van der Waals surface area (Å²) in [4.78, 5) is 24.2. The Morgan fingerprint density at radius 3 is 2.61 bits per heavy atom. The molecule has 1 aromatic carbocycles. The maximum absolute atomic E-state index is 12.5. The van der Waals surface area contributed by atoms with Crippen molar-refractivity contribution in [3.63, 3.8) is 0 Å². The van der Waals surface area contributed by atoms with Gasteiger partial charge in [-0.1, -0.05) is 18.2 Å². The zero-order valence-electron chi connectivity index (χ0n) is 10.1. The number of esters is 1. The molecule has 1 heterocycles. The van der Waals surface area contributed by atoms with E-state index in [9.17, 15) is 9.59 Å². The maximum Gasteiger partial charge on any atom is 0.321 e. The summed E-state index contributed by atoms with van der Waals surface area (Å²) >= 11 is 0. The van der Waals surface area contributed by atoms with E-state index in [0.29, 0.717) is 12.8 Å². The third-order valence-electron chi connectivity index (χ3n) is 3.55. The van der Waals surface area contributed by atoms with Crippen LogP contribution in [-0.2, 0) is 9.53 Å². The van der Waals surface area contributed by atoms with E-state index >= 15 is 0 Å². The first-order valence-corrected chi connectivity index (χ1v) is 5.88. The van der Waals surface area contributed by atoms with Crippen LogP contribution in [0.1, 0.15) is 17.6 Å². The van der Waals surface area contributed by atoms with Crippen molar-refractivity contribution in [3.8, 4) is 0 Å². The van der Waals surface area contributed by atoms with Crippen molar-refractivity contribution in [2.24, 2.45) is 5.41 Å². The van der Waals surface area contributed by atoms with Crippen molar-refractivity contribution >= 4 is 22.8 Å². The lowest BCUT2D eigenvalue weighted by molar-refractivity contribution is -0.145. The minimum absolute atomic E-state index is 0.185. The molecule has 0 N–H and O–H groups in total. The molecule has 0 atom stereocenters. The molecule has 3 rings (SSSR count). The summed E-state index contributed by atoms with van der Waals surface area (Å²) in [5.74, 6) is -0.610. The first-order chi connectivity index (χ1) is 8.69. The maximum atomic E-state index is 12.5. The van der Waals surface area contributed by atoms with E-state index in [0.717, 1.165) is 10.9 Å². The first-order valence-electron chi connectivity index (χ1n) is 5.88. The second-order valence-electron chi connectivity index (χ2n) is 4.62. The lowest BCUT2D eigenvalue weighted by Crippen LogP contribution is -2.31. The summed E-state index contributed by atoms with van der Waals surface area (Å²) in [7, 11) is 1.32. The van der Waals surface area contributed by atoms with E-state index in [4.69, 9.17) is 4.74 Å². The van der Waals surface area contributed by atoms with Crippen LogP contribution in [0.5, 0.6) is 0 Å². The molecule has 1 saturated carbocycles. The molecule has 0 radical (unpaired) electrons. The average Bonchev–Trinajstić information content (AvgIpc) is 3.11. The van der Waals surface area contributed by atoms with Crippen molar-refractivity contribution < 1.29 is 14.3 Å². The SMILES string of the molecule is COC(=O)C1(C(=O)n2ccc3ccccc32)CC1. The lowest BCUT2D eigenvalue weighted by Gasteiger charge is -2.12. The van der Waals surface area contributed by atoms with E-state index in [-0.39, 0.29) is 5.91 Å². The summed E-state index contributed by atoms with van der Waals surface area (Å²) in [6, 6.07) is 9.49. The third-order valence-corrected chi connectivity index (χ3v) is 3.55. The standard InChI is InChI=1S/C14H13NO3/c1-18-13(17)14(7-8-14)12(16)15-9-6-10-4-2-3-5-11(10)15/h2-6,9H,7-8H2,1H3. The number of methoxy groups -OCH3 is 1. The van der Waals surface area contributed by atoms with Gasteiger partial charge in [-0.3, -0.25) is 14.2 Å². The van der Waals surface area contributed by atoms with Crippen molar-refractivity contribution in [1.29, 1.82) is 0 Å². The highest BCUT2D eigenvalue weighted by Crippen LogP contribution is 2.48. The second-order valence-corrected chi connectivity index (χ2v) is 4.62. The number of hydrogen-bond acceptors (Lipinski definition) is 3. The lowest BCUT2D eigenvalue weighted by atomic mass is 10.1. The number of para-hydroxylation sites is 1. The Balaban J connectivity index is 2.06. The van der Waals surface area contributed by atoms with Gasteiger partial charge in [-0.25, -0.2) is 0 Å². The van der Waals surface area contributed by atoms with Crippen molar-refractivity contribution in [2.45, 2.75) is 12.8 Å². The van der Waals surface area contributed by atoms with Gasteiger partial charge in [0.25, 0.3) is 0 Å². The number of hydrogen-bond donors (Lipinski definition) is 0. The van der Waals surface area contributed by atoms with Crippen molar-refractivity contribution in [1.82, 2.24) is 4.57 Å². The molecule has 1 aliphatic carbocycles. The fourth-order valence-corrected chi connectivity index (χ4v) is 2.32. The summed E-state index contributed by atoms with van der Waals surface area (Å²) < 4.78 is 6.29. The molecule has 1 fully saturated rings. The van der Waals surface area contributed by atoms with Crippen molar-refractivity contribution in [2.75, 3.05) is 7.11 Å². The fraction of sp³-hybridized carbons (Fsp3) is 0.286. The molecule has 92 valence electrons. The summed E-state index contributed by atoms with van der Waals surface area (Å²) in [6.07, 6.45) is 2.87. The Morgan fingerprint density at radius 1 is 1.22 bits per heavy atom. The molecule has 4 heteroatoms. The molecule has 0 aliphatic heterocycles. The Kier molecular flexibility index (Phi) is 2.26. The Labute approximate surface area is 104 Å². The predicted octanol–water partition coefficient (Wildman–Crippen LogP) is 2.23. The molecule has 2 aromatic rings. The van der Waals surface area contributed by atoms with Crippen LogP contribution in [0, 0.1) is 5.41 Å². The van der Waals surface area contributed by atoms with E-state index in [1.165, 1.54) is 7.11 Å². The van der Waals surface area contributed by atoms with Gasteiger partial charge < -0.3 is 4.74 Å². The predicted molar refractivity (Wildman–Crippen MR) is 66.2 cm³/mol. The quantitative estimate of drug-likeness (QED) is 0.600. The monoisotopic (exact) mass is 243 g/mol. The number of rotatable bonds is 2. The third kappa shape index (κ3) is 1.38. The highest BCUT2D eigenvalue weighted by atomic mass is 16.5. The number of aromatic nitrogens is 1. The molecule has 0 unspecified atom stereocenters. The fourth-order valence-electron chi connectivity index (χ4n) is 2.32. The van der Waals surface area contributed by atoms with Crippen LogP contribution < -0.4 is 0 Å². The molecule has 4 nitrogen and oxygen atoms in total. The van der Waals surface area contributed by atoms with Crippen LogP contribution >= 0.6 is 0 Å². The molecular weight excluding hydrogens is 230 g/mol. The summed E-state index contributed by atoms with van der Waals surface area (Å²) in [5, 5.41) is 0.992. The van der Waals surface area contributed by atoms with Crippen LogP contribution in [0.4, 0.5) is 0 Å². The number of nitrogens with zero attached hydrogens (tertiary/aromatic N) is 1. The van der Waals surface area contributed by atoms with Gasteiger partial charge in [0.1, 0.15) is 5.41 Å². The molecule has 0 bridgehead atoms. The highest BCUT2D eigenvalue weighted by molar-refractivity contribution is 6.09. The topological polar surface area (TPSA) is 48.3 Å². The number of carbonyl (C=O) groups excluding carboxylic acids is 2. The smallest absolute Gasteiger partial charge is 0.321 e. The van der Waals surface area contributed by atoms with Gasteiger partial charge in [0.05, 0.1) is 12.6 Å². The van der Waals surface area contributed by atoms with E-state index in [1.807, 2.05) is 30.3 Å². The number of ether oxygens (including phenoxy) is 1.